The molecule has 0 aromatic carbocycles. The van der Waals surface area contributed by atoms with E-state index >= 15 is 0 Å². The molecule has 0 fully saturated rings. The van der Waals surface area contributed by atoms with Crippen LogP contribution in [0.3, 0.4) is 0 Å². The van der Waals surface area contributed by atoms with Crippen LogP contribution in [0.25, 0.3) is 0 Å². The Morgan fingerprint density at radius 2 is 2.31 bits per heavy atom. The van der Waals surface area contributed by atoms with Gasteiger partial charge in [0.1, 0.15) is 0 Å². The Labute approximate surface area is 107 Å². The van der Waals surface area contributed by atoms with Gasteiger partial charge < -0.3 is 5.73 Å². The lowest BCUT2D eigenvalue weighted by atomic mass is 10.3. The fourth-order valence-corrected chi connectivity index (χ4v) is 3.26. The fourth-order valence-electron chi connectivity index (χ4n) is 1.30. The molecule has 0 unspecified atom stereocenters. The molecule has 16 heavy (non-hydrogen) atoms. The number of unbranched alkanes of at least 4 members (excludes halogenated alkanes) is 2. The van der Waals surface area contributed by atoms with Crippen LogP contribution >= 0.6 is 23.1 Å². The van der Waals surface area contributed by atoms with Crippen molar-refractivity contribution in [2.75, 3.05) is 12.3 Å². The Bertz CT molecular complexity index is 346. The summed E-state index contributed by atoms with van der Waals surface area (Å²) in [7, 11) is 0. The molecule has 0 saturated carbocycles. The first-order valence-corrected chi connectivity index (χ1v) is 7.74. The summed E-state index contributed by atoms with van der Waals surface area (Å²) < 4.78 is 0. The van der Waals surface area contributed by atoms with Crippen molar-refractivity contribution in [2.24, 2.45) is 5.73 Å². The van der Waals surface area contributed by atoms with Gasteiger partial charge in [0.2, 0.25) is 0 Å². The van der Waals surface area contributed by atoms with Gasteiger partial charge in [0, 0.05) is 21.6 Å². The normalized spacial score (nSPS) is 9.88. The number of hydrogen-bond acceptors (Lipinski definition) is 3. The molecule has 0 bridgehead atoms. The lowest BCUT2D eigenvalue weighted by Crippen LogP contribution is -1.92. The highest BCUT2D eigenvalue weighted by molar-refractivity contribution is 7.98. The molecule has 1 nitrogen and oxygen atoms in total. The average molecular weight is 253 g/mol. The largest absolute Gasteiger partial charge is 0.320 e. The van der Waals surface area contributed by atoms with Crippen molar-refractivity contribution in [2.45, 2.75) is 31.9 Å². The molecular formula is C13H19NS2. The molecular weight excluding hydrogens is 234 g/mol. The van der Waals surface area contributed by atoms with Crippen molar-refractivity contribution in [1.29, 1.82) is 0 Å². The zero-order chi connectivity index (χ0) is 11.6. The number of nitrogens with two attached hydrogens (primary N) is 1. The van der Waals surface area contributed by atoms with Crippen LogP contribution in [-0.2, 0) is 5.75 Å². The molecule has 1 heterocycles. The van der Waals surface area contributed by atoms with Gasteiger partial charge in [0.25, 0.3) is 0 Å². The summed E-state index contributed by atoms with van der Waals surface area (Å²) in [6.07, 6.45) is 4.00. The summed E-state index contributed by atoms with van der Waals surface area (Å²) in [4.78, 5) is 1.42. The molecule has 0 radical (unpaired) electrons. The molecule has 1 aromatic heterocycles. The number of hydrogen-bond donors (Lipinski definition) is 1. The third-order valence-electron chi connectivity index (χ3n) is 2.13. The quantitative estimate of drug-likeness (QED) is 0.620. The highest BCUT2D eigenvalue weighted by Gasteiger charge is 1.98. The van der Waals surface area contributed by atoms with Crippen LogP contribution in [0.2, 0.25) is 0 Å². The molecule has 3 heteroatoms. The van der Waals surface area contributed by atoms with Crippen LogP contribution in [0.4, 0.5) is 0 Å². The third-order valence-corrected chi connectivity index (χ3v) is 4.34. The fraction of sp³-hybridized carbons (Fsp3) is 0.538. The summed E-state index contributed by atoms with van der Waals surface area (Å²) >= 11 is 3.82. The Hall–Kier alpha value is -0.430. The van der Waals surface area contributed by atoms with Crippen LogP contribution < -0.4 is 5.73 Å². The van der Waals surface area contributed by atoms with Gasteiger partial charge in [-0.2, -0.15) is 11.8 Å². The highest BCUT2D eigenvalue weighted by atomic mass is 32.2. The molecule has 0 aliphatic rings. The SMILES string of the molecule is CCCCCSCc1cc(C#CCN)cs1. The number of thioether (sulfide) groups is 1. The topological polar surface area (TPSA) is 26.0 Å². The minimum atomic E-state index is 0.441. The molecule has 0 spiro atoms. The first-order valence-electron chi connectivity index (χ1n) is 5.71. The predicted molar refractivity (Wildman–Crippen MR) is 75.9 cm³/mol. The lowest BCUT2D eigenvalue weighted by Gasteiger charge is -1.97. The molecule has 88 valence electrons. The van der Waals surface area contributed by atoms with Gasteiger partial charge in [-0.05, 0) is 18.2 Å². The molecule has 0 amide bonds. The number of rotatable bonds is 6. The average Bonchev–Trinajstić information content (AvgIpc) is 2.74. The molecule has 0 aliphatic heterocycles. The van der Waals surface area contributed by atoms with Crippen molar-refractivity contribution < 1.29 is 0 Å². The van der Waals surface area contributed by atoms with Gasteiger partial charge in [0.05, 0.1) is 6.54 Å². The molecule has 1 rings (SSSR count). The van der Waals surface area contributed by atoms with Gasteiger partial charge in [-0.1, -0.05) is 31.6 Å². The van der Waals surface area contributed by atoms with Crippen molar-refractivity contribution in [3.05, 3.63) is 21.9 Å². The van der Waals surface area contributed by atoms with Crippen molar-refractivity contribution in [3.8, 4) is 11.8 Å². The second-order valence-electron chi connectivity index (χ2n) is 3.57. The second kappa shape index (κ2) is 8.69. The van der Waals surface area contributed by atoms with E-state index in [0.29, 0.717) is 6.54 Å². The van der Waals surface area contributed by atoms with Gasteiger partial charge in [-0.3, -0.25) is 0 Å². The van der Waals surface area contributed by atoms with Crippen molar-refractivity contribution in [3.63, 3.8) is 0 Å². The third kappa shape index (κ3) is 5.60. The van der Waals surface area contributed by atoms with Crippen molar-refractivity contribution in [1.82, 2.24) is 0 Å². The maximum atomic E-state index is 5.34. The standard InChI is InChI=1S/C13H19NS2/c1-2-3-4-8-15-11-13-9-12(10-16-13)6-5-7-14/h9-10H,2-4,7-8,11,14H2,1H3. The molecule has 2 N–H and O–H groups in total. The Morgan fingerprint density at radius 1 is 1.44 bits per heavy atom. The zero-order valence-corrected chi connectivity index (χ0v) is 11.4. The molecule has 0 aliphatic carbocycles. The van der Waals surface area contributed by atoms with Gasteiger partial charge in [-0.15, -0.1) is 11.3 Å². The highest BCUT2D eigenvalue weighted by Crippen LogP contribution is 2.20. The monoisotopic (exact) mass is 253 g/mol. The summed E-state index contributed by atoms with van der Waals surface area (Å²) in [5.74, 6) is 8.34. The van der Waals surface area contributed by atoms with E-state index in [4.69, 9.17) is 5.73 Å². The smallest absolute Gasteiger partial charge is 0.0555 e. The van der Waals surface area contributed by atoms with E-state index in [0.717, 1.165) is 11.3 Å². The maximum absolute atomic E-state index is 5.34. The molecule has 1 aromatic rings. The van der Waals surface area contributed by atoms with E-state index in [9.17, 15) is 0 Å². The van der Waals surface area contributed by atoms with Crippen molar-refractivity contribution >= 4 is 23.1 Å². The van der Waals surface area contributed by atoms with Crippen LogP contribution in [0.5, 0.6) is 0 Å². The Balaban J connectivity index is 2.24. The van der Waals surface area contributed by atoms with E-state index in [1.807, 2.05) is 11.8 Å². The van der Waals surface area contributed by atoms with Crippen LogP contribution in [0.1, 0.15) is 36.6 Å². The van der Waals surface area contributed by atoms with Gasteiger partial charge >= 0.3 is 0 Å². The van der Waals surface area contributed by atoms with Gasteiger partial charge in [0.15, 0.2) is 0 Å². The van der Waals surface area contributed by atoms with Crippen LogP contribution in [-0.4, -0.2) is 12.3 Å². The first-order chi connectivity index (χ1) is 7.86. The Morgan fingerprint density at radius 3 is 3.06 bits per heavy atom. The number of thiophene rings is 1. The van der Waals surface area contributed by atoms with E-state index in [1.54, 1.807) is 11.3 Å². The second-order valence-corrected chi connectivity index (χ2v) is 5.67. The van der Waals surface area contributed by atoms with E-state index in [-0.39, 0.29) is 0 Å². The maximum Gasteiger partial charge on any atom is 0.0555 e. The molecule has 0 atom stereocenters. The summed E-state index contributed by atoms with van der Waals surface area (Å²) in [5, 5.41) is 2.12. The molecule has 0 saturated heterocycles. The summed E-state index contributed by atoms with van der Waals surface area (Å²) in [6.45, 7) is 2.68. The van der Waals surface area contributed by atoms with Crippen LogP contribution in [0, 0.1) is 11.8 Å². The lowest BCUT2D eigenvalue weighted by molar-refractivity contribution is 0.778. The minimum absolute atomic E-state index is 0.441. The van der Waals surface area contributed by atoms with E-state index in [2.05, 4.69) is 30.2 Å². The van der Waals surface area contributed by atoms with Crippen LogP contribution in [0.15, 0.2) is 11.4 Å². The zero-order valence-electron chi connectivity index (χ0n) is 9.79. The van der Waals surface area contributed by atoms with E-state index in [1.165, 1.54) is 29.9 Å². The van der Waals surface area contributed by atoms with E-state index < -0.39 is 0 Å². The predicted octanol–water partition coefficient (Wildman–Crippen LogP) is 3.48. The van der Waals surface area contributed by atoms with Gasteiger partial charge in [-0.25, -0.2) is 0 Å². The summed E-state index contributed by atoms with van der Waals surface area (Å²) in [6, 6.07) is 2.18. The minimum Gasteiger partial charge on any atom is -0.320 e. The Kier molecular flexibility index (Phi) is 7.41. The first kappa shape index (κ1) is 13.6. The summed E-state index contributed by atoms with van der Waals surface area (Å²) in [5.41, 5.74) is 6.45.